The largest absolute Gasteiger partial charge is 0.352 e. The molecule has 0 aromatic heterocycles. The van der Waals surface area contributed by atoms with E-state index in [1.54, 1.807) is 27.2 Å². The van der Waals surface area contributed by atoms with Gasteiger partial charge in [0.2, 0.25) is 0 Å². The first-order chi connectivity index (χ1) is 8.08. The highest BCUT2D eigenvalue weighted by molar-refractivity contribution is 7.89. The number of methoxy groups -OCH3 is 2. The van der Waals surface area contributed by atoms with Gasteiger partial charge in [0, 0.05) is 24.0 Å². The van der Waals surface area contributed by atoms with Crippen LogP contribution in [0.15, 0.2) is 40.1 Å². The predicted octanol–water partition coefficient (Wildman–Crippen LogP) is 2.63. The number of rotatable bonds is 5. The van der Waals surface area contributed by atoms with Crippen LogP contribution >= 0.6 is 0 Å². The summed E-state index contributed by atoms with van der Waals surface area (Å²) >= 11 is 0. The highest BCUT2D eigenvalue weighted by Gasteiger charge is 2.09. The maximum absolute atomic E-state index is 12.2. The predicted molar refractivity (Wildman–Crippen MR) is 69.2 cm³/mol. The zero-order chi connectivity index (χ0) is 12.8. The van der Waals surface area contributed by atoms with Gasteiger partial charge in [0.1, 0.15) is 0 Å². The van der Waals surface area contributed by atoms with E-state index >= 15 is 0 Å². The molecule has 0 aliphatic carbocycles. The second-order valence-electron chi connectivity index (χ2n) is 3.70. The SMILES string of the molecule is COC(/C=C(\C)S(=O)c1ccc(C)cc1)OC. The summed E-state index contributed by atoms with van der Waals surface area (Å²) in [5, 5.41) is 0. The Morgan fingerprint density at radius 3 is 2.24 bits per heavy atom. The molecule has 0 heterocycles. The van der Waals surface area contributed by atoms with Gasteiger partial charge < -0.3 is 9.47 Å². The molecule has 0 radical (unpaired) electrons. The van der Waals surface area contributed by atoms with E-state index in [1.807, 2.05) is 31.2 Å². The third-order valence-electron chi connectivity index (χ3n) is 2.36. The van der Waals surface area contributed by atoms with E-state index in [2.05, 4.69) is 0 Å². The molecule has 0 amide bonds. The number of hydrogen-bond donors (Lipinski definition) is 0. The average molecular weight is 254 g/mol. The lowest BCUT2D eigenvalue weighted by Crippen LogP contribution is -2.10. The molecule has 94 valence electrons. The minimum atomic E-state index is -1.16. The molecular formula is C13H18O3S. The lowest BCUT2D eigenvalue weighted by Gasteiger charge is -2.10. The van der Waals surface area contributed by atoms with E-state index < -0.39 is 17.1 Å². The van der Waals surface area contributed by atoms with Crippen molar-refractivity contribution in [2.75, 3.05) is 14.2 Å². The van der Waals surface area contributed by atoms with Gasteiger partial charge in [0.05, 0.1) is 10.8 Å². The van der Waals surface area contributed by atoms with Gasteiger partial charge in [-0.25, -0.2) is 4.21 Å². The molecule has 0 aliphatic heterocycles. The fraction of sp³-hybridized carbons (Fsp3) is 0.385. The van der Waals surface area contributed by atoms with E-state index in [0.717, 1.165) is 15.4 Å². The second-order valence-corrected chi connectivity index (χ2v) is 5.35. The summed E-state index contributed by atoms with van der Waals surface area (Å²) < 4.78 is 22.2. The monoisotopic (exact) mass is 254 g/mol. The normalized spacial score (nSPS) is 14.1. The van der Waals surface area contributed by atoms with E-state index in [0.29, 0.717) is 0 Å². The van der Waals surface area contributed by atoms with E-state index in [4.69, 9.17) is 9.47 Å². The van der Waals surface area contributed by atoms with Crippen molar-refractivity contribution in [3.05, 3.63) is 40.8 Å². The second kappa shape index (κ2) is 6.69. The lowest BCUT2D eigenvalue weighted by atomic mass is 10.2. The third-order valence-corrected chi connectivity index (χ3v) is 3.78. The average Bonchev–Trinajstić information content (AvgIpc) is 2.35. The zero-order valence-corrected chi connectivity index (χ0v) is 11.4. The van der Waals surface area contributed by atoms with Crippen molar-refractivity contribution >= 4 is 10.8 Å². The molecule has 0 saturated heterocycles. The first-order valence-corrected chi connectivity index (χ1v) is 6.46. The minimum absolute atomic E-state index is 0.454. The summed E-state index contributed by atoms with van der Waals surface area (Å²) in [5.74, 6) is 0. The fourth-order valence-electron chi connectivity index (χ4n) is 1.33. The number of hydrogen-bond acceptors (Lipinski definition) is 3. The highest BCUT2D eigenvalue weighted by atomic mass is 32.2. The Balaban J connectivity index is 2.86. The summed E-state index contributed by atoms with van der Waals surface area (Å²) in [6.45, 7) is 3.81. The molecule has 0 N–H and O–H groups in total. The van der Waals surface area contributed by atoms with Crippen molar-refractivity contribution in [2.45, 2.75) is 25.0 Å². The first kappa shape index (κ1) is 14.1. The molecular weight excluding hydrogens is 236 g/mol. The lowest BCUT2D eigenvalue weighted by molar-refractivity contribution is -0.0668. The molecule has 1 aromatic carbocycles. The standard InChI is InChI=1S/C13H18O3S/c1-10-5-7-12(8-6-10)17(14)11(2)9-13(15-3)16-4/h5-9,13H,1-4H3/b11-9+. The summed E-state index contributed by atoms with van der Waals surface area (Å²) in [5.41, 5.74) is 1.15. The topological polar surface area (TPSA) is 35.5 Å². The number of allylic oxidation sites excluding steroid dienone is 1. The Morgan fingerprint density at radius 1 is 1.24 bits per heavy atom. The van der Waals surface area contributed by atoms with Crippen LogP contribution in [0.1, 0.15) is 12.5 Å². The Kier molecular flexibility index (Phi) is 5.55. The van der Waals surface area contributed by atoms with Crippen molar-refractivity contribution in [3.63, 3.8) is 0 Å². The summed E-state index contributed by atoms with van der Waals surface area (Å²) in [4.78, 5) is 1.51. The summed E-state index contributed by atoms with van der Waals surface area (Å²) in [6.07, 6.45) is 1.26. The third kappa shape index (κ3) is 4.07. The Morgan fingerprint density at radius 2 is 1.76 bits per heavy atom. The van der Waals surface area contributed by atoms with Crippen LogP contribution in [-0.4, -0.2) is 24.7 Å². The smallest absolute Gasteiger partial charge is 0.177 e. The number of benzene rings is 1. The molecule has 0 fully saturated rings. The highest BCUT2D eigenvalue weighted by Crippen LogP contribution is 2.15. The Bertz CT molecular complexity index is 405. The van der Waals surface area contributed by atoms with Crippen LogP contribution in [0.25, 0.3) is 0 Å². The van der Waals surface area contributed by atoms with Crippen LogP contribution in [0, 0.1) is 6.92 Å². The number of aryl methyl sites for hydroxylation is 1. The number of ether oxygens (including phenoxy) is 2. The van der Waals surface area contributed by atoms with Gasteiger partial charge >= 0.3 is 0 Å². The summed E-state index contributed by atoms with van der Waals surface area (Å²) in [7, 11) is 1.94. The fourth-order valence-corrected chi connectivity index (χ4v) is 2.32. The van der Waals surface area contributed by atoms with Crippen LogP contribution in [0.5, 0.6) is 0 Å². The maximum atomic E-state index is 12.2. The van der Waals surface area contributed by atoms with Gasteiger partial charge in [0.15, 0.2) is 6.29 Å². The van der Waals surface area contributed by atoms with Gasteiger partial charge in [0.25, 0.3) is 0 Å². The molecule has 1 rings (SSSR count). The van der Waals surface area contributed by atoms with Gasteiger partial charge in [-0.3, -0.25) is 0 Å². The van der Waals surface area contributed by atoms with Gasteiger partial charge in [-0.2, -0.15) is 0 Å². The van der Waals surface area contributed by atoms with Crippen LogP contribution in [0.4, 0.5) is 0 Å². The molecule has 4 heteroatoms. The molecule has 0 aliphatic rings. The van der Waals surface area contributed by atoms with Crippen LogP contribution in [0.2, 0.25) is 0 Å². The van der Waals surface area contributed by atoms with Crippen molar-refractivity contribution in [2.24, 2.45) is 0 Å². The molecule has 3 nitrogen and oxygen atoms in total. The molecule has 1 unspecified atom stereocenters. The van der Waals surface area contributed by atoms with Gasteiger partial charge in [-0.05, 0) is 32.1 Å². The first-order valence-electron chi connectivity index (χ1n) is 5.31. The molecule has 0 saturated carbocycles. The molecule has 1 aromatic rings. The van der Waals surface area contributed by atoms with Crippen LogP contribution < -0.4 is 0 Å². The molecule has 0 spiro atoms. The Labute approximate surface area is 105 Å². The van der Waals surface area contributed by atoms with Crippen molar-refractivity contribution < 1.29 is 13.7 Å². The van der Waals surface area contributed by atoms with Crippen LogP contribution in [-0.2, 0) is 20.3 Å². The van der Waals surface area contributed by atoms with Crippen LogP contribution in [0.3, 0.4) is 0 Å². The molecule has 17 heavy (non-hydrogen) atoms. The van der Waals surface area contributed by atoms with Gasteiger partial charge in [-0.15, -0.1) is 0 Å². The van der Waals surface area contributed by atoms with E-state index in [1.165, 1.54) is 0 Å². The van der Waals surface area contributed by atoms with Crippen molar-refractivity contribution in [1.82, 2.24) is 0 Å². The van der Waals surface area contributed by atoms with Crippen molar-refractivity contribution in [3.8, 4) is 0 Å². The molecule has 0 bridgehead atoms. The minimum Gasteiger partial charge on any atom is -0.352 e. The zero-order valence-electron chi connectivity index (χ0n) is 10.6. The molecule has 1 atom stereocenters. The summed E-state index contributed by atoms with van der Waals surface area (Å²) in [6, 6.07) is 7.64. The quantitative estimate of drug-likeness (QED) is 0.758. The van der Waals surface area contributed by atoms with E-state index in [-0.39, 0.29) is 0 Å². The van der Waals surface area contributed by atoms with Gasteiger partial charge in [-0.1, -0.05) is 17.7 Å². The Hall–Kier alpha value is -0.970. The van der Waals surface area contributed by atoms with Crippen molar-refractivity contribution in [1.29, 1.82) is 0 Å². The maximum Gasteiger partial charge on any atom is 0.177 e. The van der Waals surface area contributed by atoms with E-state index in [9.17, 15) is 4.21 Å².